The lowest BCUT2D eigenvalue weighted by Crippen LogP contribution is -2.47. The smallest absolute Gasteiger partial charge is 0.315 e. The molecule has 2 aliphatic rings. The van der Waals surface area contributed by atoms with Gasteiger partial charge < -0.3 is 15.4 Å². The summed E-state index contributed by atoms with van der Waals surface area (Å²) < 4.78 is 5.66. The molecular formula is C22H27N3O2. The number of hydrogen-bond donors (Lipinski definition) is 2. The van der Waals surface area contributed by atoms with E-state index in [4.69, 9.17) is 4.74 Å². The van der Waals surface area contributed by atoms with Crippen LogP contribution in [-0.2, 0) is 13.0 Å². The summed E-state index contributed by atoms with van der Waals surface area (Å²) in [7, 11) is 0. The van der Waals surface area contributed by atoms with E-state index < -0.39 is 0 Å². The summed E-state index contributed by atoms with van der Waals surface area (Å²) in [6.45, 7) is 5.44. The van der Waals surface area contributed by atoms with Crippen LogP contribution in [0.3, 0.4) is 0 Å². The fourth-order valence-corrected chi connectivity index (χ4v) is 3.96. The standard InChI is InChI=1S/C22H27N3O2/c1-16(25-12-10-17-6-2-3-7-18(17)15-25)14-23-22(26)24-20-11-13-27-21-9-5-4-8-19(20)21/h2-9,16,20H,10-15H2,1H3,(H2,23,24,26)/t16-,20-/m1/s1. The van der Waals surface area contributed by atoms with Crippen molar-refractivity contribution in [3.8, 4) is 5.75 Å². The number of nitrogens with zero attached hydrogens (tertiary/aromatic N) is 1. The second kappa shape index (κ2) is 8.01. The molecule has 5 nitrogen and oxygen atoms in total. The molecule has 142 valence electrons. The van der Waals surface area contributed by atoms with Gasteiger partial charge in [0.1, 0.15) is 5.75 Å². The quantitative estimate of drug-likeness (QED) is 0.874. The molecule has 27 heavy (non-hydrogen) atoms. The van der Waals surface area contributed by atoms with E-state index in [0.717, 1.165) is 37.2 Å². The molecule has 2 aromatic rings. The van der Waals surface area contributed by atoms with Crippen LogP contribution < -0.4 is 15.4 Å². The molecular weight excluding hydrogens is 338 g/mol. The van der Waals surface area contributed by atoms with Gasteiger partial charge >= 0.3 is 6.03 Å². The van der Waals surface area contributed by atoms with Crippen molar-refractivity contribution < 1.29 is 9.53 Å². The summed E-state index contributed by atoms with van der Waals surface area (Å²) in [5.74, 6) is 0.870. The van der Waals surface area contributed by atoms with Crippen LogP contribution in [0.2, 0.25) is 0 Å². The summed E-state index contributed by atoms with van der Waals surface area (Å²) >= 11 is 0. The van der Waals surface area contributed by atoms with Crippen molar-refractivity contribution in [2.24, 2.45) is 0 Å². The van der Waals surface area contributed by atoms with Gasteiger partial charge in [-0.25, -0.2) is 4.79 Å². The van der Waals surface area contributed by atoms with E-state index in [1.54, 1.807) is 0 Å². The number of urea groups is 1. The molecule has 0 saturated heterocycles. The molecule has 2 aromatic carbocycles. The first-order valence-electron chi connectivity index (χ1n) is 9.77. The average Bonchev–Trinajstić information content (AvgIpc) is 2.72. The molecule has 0 aromatic heterocycles. The minimum absolute atomic E-state index is 0.00659. The number of carbonyl (C=O) groups is 1. The normalized spacial score (nSPS) is 20.0. The Labute approximate surface area is 160 Å². The molecule has 0 saturated carbocycles. The molecule has 2 aliphatic heterocycles. The van der Waals surface area contributed by atoms with E-state index in [1.165, 1.54) is 11.1 Å². The maximum Gasteiger partial charge on any atom is 0.315 e. The highest BCUT2D eigenvalue weighted by Crippen LogP contribution is 2.31. The predicted molar refractivity (Wildman–Crippen MR) is 106 cm³/mol. The van der Waals surface area contributed by atoms with E-state index in [-0.39, 0.29) is 12.1 Å². The molecule has 0 aliphatic carbocycles. The lowest BCUT2D eigenvalue weighted by atomic mass is 9.99. The van der Waals surface area contributed by atoms with Crippen LogP contribution in [0.5, 0.6) is 5.75 Å². The molecule has 2 heterocycles. The molecule has 0 fully saturated rings. The highest BCUT2D eigenvalue weighted by molar-refractivity contribution is 5.74. The fourth-order valence-electron chi connectivity index (χ4n) is 3.96. The first-order chi connectivity index (χ1) is 13.2. The van der Waals surface area contributed by atoms with Crippen LogP contribution in [0, 0.1) is 0 Å². The number of benzene rings is 2. The van der Waals surface area contributed by atoms with Gasteiger partial charge in [-0.1, -0.05) is 42.5 Å². The fraction of sp³-hybridized carbons (Fsp3) is 0.409. The van der Waals surface area contributed by atoms with E-state index in [9.17, 15) is 4.79 Å². The van der Waals surface area contributed by atoms with E-state index in [2.05, 4.69) is 46.7 Å². The number of para-hydroxylation sites is 1. The molecule has 0 spiro atoms. The number of ether oxygens (including phenoxy) is 1. The number of nitrogens with one attached hydrogen (secondary N) is 2. The van der Waals surface area contributed by atoms with Crippen LogP contribution >= 0.6 is 0 Å². The predicted octanol–water partition coefficient (Wildman–Crippen LogP) is 3.26. The highest BCUT2D eigenvalue weighted by atomic mass is 16.5. The lowest BCUT2D eigenvalue weighted by Gasteiger charge is -2.34. The average molecular weight is 365 g/mol. The molecule has 4 rings (SSSR count). The van der Waals surface area contributed by atoms with Crippen molar-refractivity contribution >= 4 is 6.03 Å². The minimum atomic E-state index is -0.110. The van der Waals surface area contributed by atoms with Gasteiger partial charge in [0.05, 0.1) is 12.6 Å². The monoisotopic (exact) mass is 365 g/mol. The Hall–Kier alpha value is -2.53. The van der Waals surface area contributed by atoms with Crippen LogP contribution in [0.4, 0.5) is 4.79 Å². The second-order valence-corrected chi connectivity index (χ2v) is 7.42. The first-order valence-corrected chi connectivity index (χ1v) is 9.77. The summed E-state index contributed by atoms with van der Waals surface area (Å²) in [5.41, 5.74) is 3.91. The lowest BCUT2D eigenvalue weighted by molar-refractivity contribution is 0.183. The maximum atomic E-state index is 12.4. The third kappa shape index (κ3) is 4.08. The van der Waals surface area contributed by atoms with Gasteiger partial charge in [0.2, 0.25) is 0 Å². The number of rotatable bonds is 4. The molecule has 5 heteroatoms. The molecule has 2 N–H and O–H groups in total. The Morgan fingerprint density at radius 1 is 1.19 bits per heavy atom. The molecule has 0 radical (unpaired) electrons. The molecule has 2 atom stereocenters. The Kier molecular flexibility index (Phi) is 5.30. The molecule has 0 bridgehead atoms. The third-order valence-electron chi connectivity index (χ3n) is 5.61. The van der Waals surface area contributed by atoms with Gasteiger partial charge in [0.15, 0.2) is 0 Å². The highest BCUT2D eigenvalue weighted by Gasteiger charge is 2.24. The van der Waals surface area contributed by atoms with Crippen molar-refractivity contribution in [2.75, 3.05) is 19.7 Å². The van der Waals surface area contributed by atoms with Crippen molar-refractivity contribution in [3.63, 3.8) is 0 Å². The van der Waals surface area contributed by atoms with Gasteiger partial charge in [0.25, 0.3) is 0 Å². The van der Waals surface area contributed by atoms with E-state index in [1.807, 2.05) is 24.3 Å². The number of hydrogen-bond acceptors (Lipinski definition) is 3. The summed E-state index contributed by atoms with van der Waals surface area (Å²) in [6, 6.07) is 16.7. The Morgan fingerprint density at radius 3 is 2.85 bits per heavy atom. The summed E-state index contributed by atoms with van der Waals surface area (Å²) in [5, 5.41) is 6.15. The number of fused-ring (bicyclic) bond motifs is 2. The van der Waals surface area contributed by atoms with Crippen molar-refractivity contribution in [1.29, 1.82) is 0 Å². The Balaban J connectivity index is 1.29. The van der Waals surface area contributed by atoms with Crippen LogP contribution in [0.15, 0.2) is 48.5 Å². The largest absolute Gasteiger partial charge is 0.493 e. The van der Waals surface area contributed by atoms with Gasteiger partial charge in [-0.2, -0.15) is 0 Å². The topological polar surface area (TPSA) is 53.6 Å². The van der Waals surface area contributed by atoms with Crippen molar-refractivity contribution in [1.82, 2.24) is 15.5 Å². The van der Waals surface area contributed by atoms with Crippen LogP contribution in [0.25, 0.3) is 0 Å². The summed E-state index contributed by atoms with van der Waals surface area (Å²) in [6.07, 6.45) is 1.87. The van der Waals surface area contributed by atoms with Gasteiger partial charge in [-0.05, 0) is 30.5 Å². The second-order valence-electron chi connectivity index (χ2n) is 7.42. The SMILES string of the molecule is C[C@H](CNC(=O)N[C@@H]1CCOc2ccccc21)N1CCc2ccccc2C1. The van der Waals surface area contributed by atoms with Crippen molar-refractivity contribution in [3.05, 3.63) is 65.2 Å². The van der Waals surface area contributed by atoms with Crippen LogP contribution in [0.1, 0.15) is 36.1 Å². The minimum Gasteiger partial charge on any atom is -0.493 e. The Morgan fingerprint density at radius 2 is 1.96 bits per heavy atom. The molecule has 0 unspecified atom stereocenters. The van der Waals surface area contributed by atoms with Crippen molar-refractivity contribution in [2.45, 2.75) is 38.4 Å². The zero-order chi connectivity index (χ0) is 18.6. The molecule has 2 amide bonds. The number of amides is 2. The van der Waals surface area contributed by atoms with E-state index >= 15 is 0 Å². The van der Waals surface area contributed by atoms with Gasteiger partial charge in [-0.3, -0.25) is 4.90 Å². The first kappa shape index (κ1) is 17.9. The maximum absolute atomic E-state index is 12.4. The van der Waals surface area contributed by atoms with Gasteiger partial charge in [-0.15, -0.1) is 0 Å². The van der Waals surface area contributed by atoms with E-state index in [0.29, 0.717) is 19.2 Å². The summed E-state index contributed by atoms with van der Waals surface area (Å²) in [4.78, 5) is 14.9. The Bertz CT molecular complexity index is 808. The zero-order valence-corrected chi connectivity index (χ0v) is 15.8. The number of carbonyl (C=O) groups excluding carboxylic acids is 1. The van der Waals surface area contributed by atoms with Gasteiger partial charge in [0, 0.05) is 37.7 Å². The van der Waals surface area contributed by atoms with Crippen LogP contribution in [-0.4, -0.2) is 36.7 Å². The zero-order valence-electron chi connectivity index (χ0n) is 15.8. The third-order valence-corrected chi connectivity index (χ3v) is 5.61.